The smallest absolute Gasteiger partial charge is 0.331 e. The lowest BCUT2D eigenvalue weighted by molar-refractivity contribution is -0.139. The second kappa shape index (κ2) is 7.36. The summed E-state index contributed by atoms with van der Waals surface area (Å²) in [5.41, 5.74) is 0. The van der Waals surface area contributed by atoms with E-state index in [1.807, 2.05) is 0 Å². The van der Waals surface area contributed by atoms with Crippen molar-refractivity contribution in [2.45, 2.75) is 0 Å². The molecule has 0 amide bonds. The van der Waals surface area contributed by atoms with Crippen LogP contribution in [0.4, 0.5) is 0 Å². The standard InChI is InChI=1S/C9H15NO8S2/c1-17-8(11)4-5-9(12)18-7-6-10(19(2,13)14)20(3,15)16/h4-5H,6-7H2,1-3H3/b5-4+. The summed E-state index contributed by atoms with van der Waals surface area (Å²) in [5.74, 6) is -1.70. The van der Waals surface area contributed by atoms with E-state index in [0.29, 0.717) is 12.5 Å². The van der Waals surface area contributed by atoms with Crippen LogP contribution in [0, 0.1) is 0 Å². The van der Waals surface area contributed by atoms with Crippen molar-refractivity contribution in [3.8, 4) is 0 Å². The van der Waals surface area contributed by atoms with Crippen LogP contribution >= 0.6 is 0 Å². The molecule has 0 aromatic carbocycles. The fourth-order valence-corrected chi connectivity index (χ4v) is 3.83. The maximum atomic E-state index is 11.2. The first-order valence-electron chi connectivity index (χ1n) is 5.09. The minimum atomic E-state index is -3.99. The molecule has 0 fully saturated rings. The SMILES string of the molecule is COC(=O)/C=C/C(=O)OCCN(S(C)(=O)=O)S(C)(=O)=O. The van der Waals surface area contributed by atoms with E-state index >= 15 is 0 Å². The van der Waals surface area contributed by atoms with Gasteiger partial charge in [-0.3, -0.25) is 0 Å². The zero-order valence-corrected chi connectivity index (χ0v) is 12.7. The van der Waals surface area contributed by atoms with Crippen molar-refractivity contribution in [3.63, 3.8) is 0 Å². The monoisotopic (exact) mass is 329 g/mol. The summed E-state index contributed by atoms with van der Waals surface area (Å²) in [6, 6.07) is 0. The first-order valence-corrected chi connectivity index (χ1v) is 8.79. The molecule has 0 aliphatic heterocycles. The van der Waals surface area contributed by atoms with Gasteiger partial charge < -0.3 is 9.47 Å². The van der Waals surface area contributed by atoms with Crippen LogP contribution in [0.25, 0.3) is 0 Å². The zero-order valence-electron chi connectivity index (χ0n) is 11.1. The highest BCUT2D eigenvalue weighted by Crippen LogP contribution is 2.04. The molecule has 9 nitrogen and oxygen atoms in total. The van der Waals surface area contributed by atoms with E-state index in [1.54, 1.807) is 0 Å². The Kier molecular flexibility index (Phi) is 6.82. The Morgan fingerprint density at radius 3 is 1.85 bits per heavy atom. The van der Waals surface area contributed by atoms with Gasteiger partial charge in [0.15, 0.2) is 0 Å². The average Bonchev–Trinajstić information content (AvgIpc) is 2.28. The van der Waals surface area contributed by atoms with Crippen molar-refractivity contribution < 1.29 is 35.9 Å². The lowest BCUT2D eigenvalue weighted by Gasteiger charge is -2.16. The topological polar surface area (TPSA) is 124 Å². The number of ether oxygens (including phenoxy) is 2. The molecular formula is C9H15NO8S2. The van der Waals surface area contributed by atoms with Gasteiger partial charge >= 0.3 is 11.9 Å². The van der Waals surface area contributed by atoms with Crippen LogP contribution in [0.2, 0.25) is 0 Å². The Bertz CT molecular complexity index is 557. The first kappa shape index (κ1) is 18.5. The Balaban J connectivity index is 4.52. The lowest BCUT2D eigenvalue weighted by atomic mass is 10.5. The highest BCUT2D eigenvalue weighted by molar-refractivity contribution is 8.03. The molecule has 0 saturated heterocycles. The van der Waals surface area contributed by atoms with Gasteiger partial charge in [-0.2, -0.15) is 0 Å². The second-order valence-electron chi connectivity index (χ2n) is 3.55. The predicted octanol–water partition coefficient (Wildman–Crippen LogP) is -1.52. The molecule has 0 N–H and O–H groups in total. The van der Waals surface area contributed by atoms with Gasteiger partial charge in [0.05, 0.1) is 26.2 Å². The van der Waals surface area contributed by atoms with Gasteiger partial charge in [0.25, 0.3) is 0 Å². The van der Waals surface area contributed by atoms with Crippen molar-refractivity contribution >= 4 is 32.0 Å². The molecule has 0 radical (unpaired) electrons. The molecule has 0 atom stereocenters. The van der Waals surface area contributed by atoms with Crippen LogP contribution in [-0.4, -0.2) is 65.3 Å². The van der Waals surface area contributed by atoms with Crippen LogP contribution in [0.1, 0.15) is 0 Å². The molecular weight excluding hydrogens is 314 g/mol. The minimum Gasteiger partial charge on any atom is -0.466 e. The summed E-state index contributed by atoms with van der Waals surface area (Å²) < 4.78 is 53.9. The molecule has 0 aromatic heterocycles. The normalized spacial score (nSPS) is 12.6. The molecule has 0 aliphatic carbocycles. The van der Waals surface area contributed by atoms with Gasteiger partial charge in [-0.15, -0.1) is 0 Å². The molecule has 0 aromatic rings. The number of hydrogen-bond donors (Lipinski definition) is 0. The molecule has 0 unspecified atom stereocenters. The molecule has 0 rings (SSSR count). The van der Waals surface area contributed by atoms with Crippen molar-refractivity contribution in [3.05, 3.63) is 12.2 Å². The summed E-state index contributed by atoms with van der Waals surface area (Å²) in [5, 5.41) is 0. The van der Waals surface area contributed by atoms with Crippen molar-refractivity contribution in [2.24, 2.45) is 0 Å². The average molecular weight is 329 g/mol. The largest absolute Gasteiger partial charge is 0.466 e. The summed E-state index contributed by atoms with van der Waals surface area (Å²) in [6.07, 6.45) is 3.02. The van der Waals surface area contributed by atoms with E-state index < -0.39 is 45.1 Å². The summed E-state index contributed by atoms with van der Waals surface area (Å²) in [6.45, 7) is -1.03. The van der Waals surface area contributed by atoms with Crippen LogP contribution in [0.5, 0.6) is 0 Å². The van der Waals surface area contributed by atoms with Gasteiger partial charge in [0.1, 0.15) is 6.61 Å². The summed E-state index contributed by atoms with van der Waals surface area (Å²) >= 11 is 0. The van der Waals surface area contributed by atoms with Crippen molar-refractivity contribution in [1.29, 1.82) is 0 Å². The molecule has 0 spiro atoms. The molecule has 0 bridgehead atoms. The van der Waals surface area contributed by atoms with Crippen molar-refractivity contribution in [2.75, 3.05) is 32.8 Å². The van der Waals surface area contributed by atoms with Gasteiger partial charge in [-0.25, -0.2) is 26.4 Å². The second-order valence-corrected chi connectivity index (χ2v) is 7.59. The number of sulfonamides is 2. The maximum absolute atomic E-state index is 11.2. The first-order chi connectivity index (χ1) is 8.98. The number of nitrogens with zero attached hydrogens (tertiary/aromatic N) is 1. The fraction of sp³-hybridized carbons (Fsp3) is 0.556. The van der Waals surface area contributed by atoms with Crippen LogP contribution < -0.4 is 0 Å². The van der Waals surface area contributed by atoms with E-state index in [2.05, 4.69) is 9.47 Å². The van der Waals surface area contributed by atoms with Gasteiger partial charge in [-0.1, -0.05) is 3.71 Å². The maximum Gasteiger partial charge on any atom is 0.331 e. The zero-order chi connectivity index (χ0) is 16.0. The minimum absolute atomic E-state index is 0.206. The van der Waals surface area contributed by atoms with E-state index in [0.717, 1.165) is 19.3 Å². The van der Waals surface area contributed by atoms with E-state index in [-0.39, 0.29) is 3.71 Å². The van der Waals surface area contributed by atoms with Crippen LogP contribution in [0.3, 0.4) is 0 Å². The predicted molar refractivity (Wildman–Crippen MR) is 68.5 cm³/mol. The molecule has 0 heterocycles. The number of hydrogen-bond acceptors (Lipinski definition) is 8. The lowest BCUT2D eigenvalue weighted by Crippen LogP contribution is -2.38. The molecule has 11 heteroatoms. The van der Waals surface area contributed by atoms with Crippen LogP contribution in [-0.2, 0) is 39.1 Å². The molecule has 116 valence electrons. The van der Waals surface area contributed by atoms with Gasteiger partial charge in [0, 0.05) is 12.2 Å². The third kappa shape index (κ3) is 7.21. The van der Waals surface area contributed by atoms with E-state index in [9.17, 15) is 26.4 Å². The number of methoxy groups -OCH3 is 1. The number of carbonyl (C=O) groups is 2. The third-order valence-electron chi connectivity index (χ3n) is 1.81. The van der Waals surface area contributed by atoms with E-state index in [1.165, 1.54) is 0 Å². The van der Waals surface area contributed by atoms with E-state index in [4.69, 9.17) is 0 Å². The summed E-state index contributed by atoms with van der Waals surface area (Å²) in [7, 11) is -6.86. The van der Waals surface area contributed by atoms with Gasteiger partial charge in [0.2, 0.25) is 20.0 Å². The fourth-order valence-electron chi connectivity index (χ4n) is 1.05. The molecule has 0 saturated carbocycles. The Morgan fingerprint density at radius 2 is 1.45 bits per heavy atom. The van der Waals surface area contributed by atoms with Crippen LogP contribution in [0.15, 0.2) is 12.2 Å². The molecule has 0 aliphatic rings. The van der Waals surface area contributed by atoms with Crippen molar-refractivity contribution in [1.82, 2.24) is 3.71 Å². The Hall–Kier alpha value is -1.46. The summed E-state index contributed by atoms with van der Waals surface area (Å²) in [4.78, 5) is 21.8. The number of carbonyl (C=O) groups excluding carboxylic acids is 2. The Morgan fingerprint density at radius 1 is 1.00 bits per heavy atom. The number of rotatable bonds is 7. The number of esters is 2. The highest BCUT2D eigenvalue weighted by Gasteiger charge is 2.26. The van der Waals surface area contributed by atoms with Gasteiger partial charge in [-0.05, 0) is 0 Å². The highest BCUT2D eigenvalue weighted by atomic mass is 32.3. The quantitative estimate of drug-likeness (QED) is 0.407. The third-order valence-corrected chi connectivity index (χ3v) is 5.28. The Labute approximate surface area is 117 Å². The molecule has 20 heavy (non-hydrogen) atoms.